The summed E-state index contributed by atoms with van der Waals surface area (Å²) in [6, 6.07) is 0. The van der Waals surface area contributed by atoms with Crippen LogP contribution in [0.5, 0.6) is 0 Å². The fourth-order valence-corrected chi connectivity index (χ4v) is 2.38. The summed E-state index contributed by atoms with van der Waals surface area (Å²) in [5.41, 5.74) is 10.5. The van der Waals surface area contributed by atoms with Crippen molar-refractivity contribution in [3.8, 4) is 0 Å². The number of hydrogen-bond donors (Lipinski definition) is 2. The first-order chi connectivity index (χ1) is 6.68. The van der Waals surface area contributed by atoms with Gasteiger partial charge in [-0.2, -0.15) is 0 Å². The average molecular weight is 230 g/mol. The summed E-state index contributed by atoms with van der Waals surface area (Å²) in [5.74, 6) is 1.09. The lowest BCUT2D eigenvalue weighted by molar-refractivity contribution is 0.945. The molecule has 0 bridgehead atoms. The van der Waals surface area contributed by atoms with Crippen LogP contribution < -0.4 is 11.5 Å². The second-order valence-electron chi connectivity index (χ2n) is 2.81. The van der Waals surface area contributed by atoms with Crippen LogP contribution in [-0.4, -0.2) is 22.7 Å². The van der Waals surface area contributed by atoms with Crippen molar-refractivity contribution in [2.45, 2.75) is 17.9 Å². The van der Waals surface area contributed by atoms with Gasteiger partial charge in [-0.15, -0.1) is 23.1 Å². The standard InChI is InChI=1S/C8H14N4S2/c1-6(4-12-8(9)10)14-5-7-11-2-3-13-7/h2-3,6H,4-5H2,1H3,(H4,9,10,12). The van der Waals surface area contributed by atoms with Crippen LogP contribution in [0.3, 0.4) is 0 Å². The van der Waals surface area contributed by atoms with Crippen molar-refractivity contribution in [3.05, 3.63) is 16.6 Å². The van der Waals surface area contributed by atoms with Crippen LogP contribution in [0.15, 0.2) is 16.6 Å². The van der Waals surface area contributed by atoms with Gasteiger partial charge in [0.15, 0.2) is 5.96 Å². The number of thiazole rings is 1. The van der Waals surface area contributed by atoms with E-state index >= 15 is 0 Å². The van der Waals surface area contributed by atoms with Crippen LogP contribution in [0.4, 0.5) is 0 Å². The Bertz CT molecular complexity index is 280. The smallest absolute Gasteiger partial charge is 0.185 e. The van der Waals surface area contributed by atoms with Crippen molar-refractivity contribution in [1.82, 2.24) is 4.98 Å². The van der Waals surface area contributed by atoms with Crippen molar-refractivity contribution in [3.63, 3.8) is 0 Å². The molecule has 1 atom stereocenters. The third-order valence-electron chi connectivity index (χ3n) is 1.51. The molecule has 4 N–H and O–H groups in total. The van der Waals surface area contributed by atoms with E-state index < -0.39 is 0 Å². The molecular weight excluding hydrogens is 216 g/mol. The van der Waals surface area contributed by atoms with Gasteiger partial charge in [-0.3, -0.25) is 4.99 Å². The molecule has 0 saturated carbocycles. The molecule has 0 aliphatic heterocycles. The maximum absolute atomic E-state index is 5.24. The number of nitrogens with two attached hydrogens (primary N) is 2. The van der Waals surface area contributed by atoms with Gasteiger partial charge in [0.2, 0.25) is 0 Å². The first-order valence-electron chi connectivity index (χ1n) is 4.24. The van der Waals surface area contributed by atoms with Crippen molar-refractivity contribution in [2.75, 3.05) is 6.54 Å². The van der Waals surface area contributed by atoms with Crippen LogP contribution in [0.25, 0.3) is 0 Å². The molecule has 0 fully saturated rings. The molecular formula is C8H14N4S2. The summed E-state index contributed by atoms with van der Waals surface area (Å²) in [6.07, 6.45) is 1.82. The van der Waals surface area contributed by atoms with Crippen molar-refractivity contribution in [1.29, 1.82) is 0 Å². The molecule has 1 heterocycles. The first kappa shape index (κ1) is 11.3. The molecule has 1 rings (SSSR count). The van der Waals surface area contributed by atoms with Crippen LogP contribution in [-0.2, 0) is 5.75 Å². The quantitative estimate of drug-likeness (QED) is 0.585. The molecule has 0 aromatic carbocycles. The highest BCUT2D eigenvalue weighted by Gasteiger charge is 2.03. The maximum atomic E-state index is 5.24. The topological polar surface area (TPSA) is 77.3 Å². The molecule has 4 nitrogen and oxygen atoms in total. The lowest BCUT2D eigenvalue weighted by Gasteiger charge is -2.06. The minimum Gasteiger partial charge on any atom is -0.370 e. The lowest BCUT2D eigenvalue weighted by atomic mass is 10.5. The molecule has 1 aromatic rings. The molecule has 0 radical (unpaired) electrons. The summed E-state index contributed by atoms with van der Waals surface area (Å²) in [6.45, 7) is 2.77. The Balaban J connectivity index is 2.21. The number of aromatic nitrogens is 1. The van der Waals surface area contributed by atoms with Gasteiger partial charge in [0, 0.05) is 22.6 Å². The Morgan fingerprint density at radius 2 is 2.50 bits per heavy atom. The van der Waals surface area contributed by atoms with Gasteiger partial charge in [-0.25, -0.2) is 4.98 Å². The number of hydrogen-bond acceptors (Lipinski definition) is 4. The van der Waals surface area contributed by atoms with Crippen LogP contribution in [0.2, 0.25) is 0 Å². The highest BCUT2D eigenvalue weighted by atomic mass is 32.2. The number of rotatable bonds is 5. The third kappa shape index (κ3) is 4.48. The van der Waals surface area contributed by atoms with Gasteiger partial charge in [0.1, 0.15) is 5.01 Å². The first-order valence-corrected chi connectivity index (χ1v) is 6.16. The SMILES string of the molecule is CC(CN=C(N)N)SCc1nccs1. The molecule has 6 heteroatoms. The second kappa shape index (κ2) is 5.87. The van der Waals surface area contributed by atoms with Crippen LogP contribution in [0, 0.1) is 0 Å². The normalized spacial score (nSPS) is 12.4. The van der Waals surface area contributed by atoms with E-state index in [1.54, 1.807) is 23.1 Å². The van der Waals surface area contributed by atoms with E-state index in [9.17, 15) is 0 Å². The minimum atomic E-state index is 0.159. The molecule has 0 aliphatic carbocycles. The zero-order valence-electron chi connectivity index (χ0n) is 8.01. The highest BCUT2D eigenvalue weighted by Crippen LogP contribution is 2.18. The number of guanidine groups is 1. The van der Waals surface area contributed by atoms with Gasteiger partial charge in [-0.05, 0) is 0 Å². The van der Waals surface area contributed by atoms with E-state index in [0.717, 1.165) is 10.8 Å². The Hall–Kier alpha value is -0.750. The predicted octanol–water partition coefficient (Wildman–Crippen LogP) is 1.04. The summed E-state index contributed by atoms with van der Waals surface area (Å²) in [4.78, 5) is 8.15. The fraction of sp³-hybridized carbons (Fsp3) is 0.500. The van der Waals surface area contributed by atoms with E-state index in [1.807, 2.05) is 11.6 Å². The highest BCUT2D eigenvalue weighted by molar-refractivity contribution is 7.99. The molecule has 14 heavy (non-hydrogen) atoms. The van der Waals surface area contributed by atoms with Crippen LogP contribution >= 0.6 is 23.1 Å². The molecule has 1 unspecified atom stereocenters. The zero-order valence-corrected chi connectivity index (χ0v) is 9.64. The average Bonchev–Trinajstić information content (AvgIpc) is 2.63. The van der Waals surface area contributed by atoms with E-state index in [2.05, 4.69) is 16.9 Å². The van der Waals surface area contributed by atoms with Crippen LogP contribution in [0.1, 0.15) is 11.9 Å². The fourth-order valence-electron chi connectivity index (χ4n) is 0.824. The number of aliphatic imine (C=N–C) groups is 1. The van der Waals surface area contributed by atoms with Gasteiger partial charge in [0.25, 0.3) is 0 Å². The predicted molar refractivity (Wildman–Crippen MR) is 63.5 cm³/mol. The maximum Gasteiger partial charge on any atom is 0.185 e. The summed E-state index contributed by atoms with van der Waals surface area (Å²) in [7, 11) is 0. The van der Waals surface area contributed by atoms with E-state index in [1.165, 1.54) is 0 Å². The summed E-state index contributed by atoms with van der Waals surface area (Å²) in [5, 5.41) is 3.55. The third-order valence-corrected chi connectivity index (χ3v) is 3.63. The Kier molecular flexibility index (Phi) is 4.75. The lowest BCUT2D eigenvalue weighted by Crippen LogP contribution is -2.24. The monoisotopic (exact) mass is 230 g/mol. The largest absolute Gasteiger partial charge is 0.370 e. The number of nitrogens with zero attached hydrogens (tertiary/aromatic N) is 2. The second-order valence-corrected chi connectivity index (χ2v) is 5.22. The minimum absolute atomic E-state index is 0.159. The Morgan fingerprint density at radius 3 is 3.07 bits per heavy atom. The Morgan fingerprint density at radius 1 is 1.71 bits per heavy atom. The molecule has 0 spiro atoms. The molecule has 0 amide bonds. The molecule has 78 valence electrons. The molecule has 0 aliphatic rings. The van der Waals surface area contributed by atoms with Gasteiger partial charge in [0.05, 0.1) is 6.54 Å². The molecule has 0 saturated heterocycles. The van der Waals surface area contributed by atoms with E-state index in [4.69, 9.17) is 11.5 Å². The van der Waals surface area contributed by atoms with Gasteiger partial charge < -0.3 is 11.5 Å². The van der Waals surface area contributed by atoms with Gasteiger partial charge in [-0.1, -0.05) is 6.92 Å². The summed E-state index contributed by atoms with van der Waals surface area (Å²) >= 11 is 3.48. The summed E-state index contributed by atoms with van der Waals surface area (Å²) < 4.78 is 0. The van der Waals surface area contributed by atoms with Crippen molar-refractivity contribution >= 4 is 29.1 Å². The zero-order chi connectivity index (χ0) is 10.4. The van der Waals surface area contributed by atoms with Crippen molar-refractivity contribution in [2.24, 2.45) is 16.5 Å². The van der Waals surface area contributed by atoms with Crippen molar-refractivity contribution < 1.29 is 0 Å². The Labute approximate surface area is 91.8 Å². The van der Waals surface area contributed by atoms with Gasteiger partial charge >= 0.3 is 0 Å². The number of thioether (sulfide) groups is 1. The van der Waals surface area contributed by atoms with E-state index in [0.29, 0.717) is 11.8 Å². The molecule has 1 aromatic heterocycles. The van der Waals surface area contributed by atoms with E-state index in [-0.39, 0.29) is 5.96 Å².